The molecule has 1 aromatic rings. The Balaban J connectivity index is 0.000000302. The van der Waals surface area contributed by atoms with E-state index in [4.69, 9.17) is 15.9 Å². The van der Waals surface area contributed by atoms with Crippen molar-refractivity contribution in [2.24, 2.45) is 5.73 Å². The first-order chi connectivity index (χ1) is 7.97. The Hall–Kier alpha value is -1.88. The van der Waals surface area contributed by atoms with Crippen LogP contribution in [0.2, 0.25) is 0 Å². The van der Waals surface area contributed by atoms with Gasteiger partial charge in [-0.25, -0.2) is 0 Å². The fourth-order valence-corrected chi connectivity index (χ4v) is 0.989. The van der Waals surface area contributed by atoms with Crippen LogP contribution in [0, 0.1) is 0 Å². The number of carboxylic acid groups (broad SMARTS) is 2. The molecule has 0 saturated heterocycles. The Labute approximate surface area is 99.9 Å². The van der Waals surface area contributed by atoms with Crippen LogP contribution >= 0.6 is 0 Å². The van der Waals surface area contributed by atoms with Gasteiger partial charge in [-0.3, -0.25) is 9.59 Å². The van der Waals surface area contributed by atoms with E-state index < -0.39 is 24.4 Å². The number of hydrogen-bond acceptors (Lipinski definition) is 3. The molecule has 0 fully saturated rings. The van der Waals surface area contributed by atoms with Crippen LogP contribution in [0.25, 0.3) is 0 Å². The van der Waals surface area contributed by atoms with Gasteiger partial charge in [-0.05, 0) is 12.0 Å². The predicted molar refractivity (Wildman–Crippen MR) is 63.7 cm³/mol. The van der Waals surface area contributed by atoms with Gasteiger partial charge in [0.05, 0.1) is 6.42 Å². The summed E-state index contributed by atoms with van der Waals surface area (Å²) in [6, 6.07) is 9.17. The Morgan fingerprint density at radius 1 is 1.24 bits per heavy atom. The minimum absolute atomic E-state index is 0.532. The number of benzene rings is 1. The van der Waals surface area contributed by atoms with E-state index in [9.17, 15) is 9.59 Å². The number of rotatable bonds is 4. The summed E-state index contributed by atoms with van der Waals surface area (Å²) in [5, 5.41) is 16.0. The molecule has 0 amide bonds. The molecule has 94 valence electrons. The van der Waals surface area contributed by atoms with Crippen LogP contribution in [-0.4, -0.2) is 28.2 Å². The van der Waals surface area contributed by atoms with Crippen molar-refractivity contribution in [3.8, 4) is 0 Å². The van der Waals surface area contributed by atoms with Crippen LogP contribution in [0.3, 0.4) is 0 Å². The molecule has 0 radical (unpaired) electrons. The van der Waals surface area contributed by atoms with Gasteiger partial charge >= 0.3 is 11.9 Å². The van der Waals surface area contributed by atoms with E-state index in [0.717, 1.165) is 6.42 Å². The fourth-order valence-electron chi connectivity index (χ4n) is 0.989. The number of carbonyl (C=O) groups is 2. The molecule has 0 spiro atoms. The van der Waals surface area contributed by atoms with E-state index in [1.54, 1.807) is 0 Å². The topological polar surface area (TPSA) is 101 Å². The van der Waals surface area contributed by atoms with Crippen LogP contribution in [0.15, 0.2) is 30.3 Å². The molecule has 0 bridgehead atoms. The summed E-state index contributed by atoms with van der Waals surface area (Å²) in [5.74, 6) is -2.50. The first-order valence-corrected chi connectivity index (χ1v) is 5.21. The van der Waals surface area contributed by atoms with Crippen molar-refractivity contribution in [2.75, 3.05) is 0 Å². The van der Waals surface area contributed by atoms with Gasteiger partial charge in [0.1, 0.15) is 6.04 Å². The third-order valence-corrected chi connectivity index (χ3v) is 1.96. The van der Waals surface area contributed by atoms with Gasteiger partial charge in [0.2, 0.25) is 0 Å². The van der Waals surface area contributed by atoms with E-state index in [1.165, 1.54) is 5.56 Å². The minimum atomic E-state index is -1.29. The second-order valence-corrected chi connectivity index (χ2v) is 3.38. The van der Waals surface area contributed by atoms with Crippen LogP contribution in [-0.2, 0) is 16.0 Å². The Kier molecular flexibility index (Phi) is 7.38. The van der Waals surface area contributed by atoms with Crippen molar-refractivity contribution < 1.29 is 19.8 Å². The molecule has 0 aliphatic rings. The molecular formula is C12H17NO4. The molecule has 0 unspecified atom stereocenters. The van der Waals surface area contributed by atoms with Crippen LogP contribution in [0.5, 0.6) is 0 Å². The zero-order valence-electron chi connectivity index (χ0n) is 9.67. The van der Waals surface area contributed by atoms with Crippen LogP contribution in [0.1, 0.15) is 18.9 Å². The van der Waals surface area contributed by atoms with E-state index in [2.05, 4.69) is 31.2 Å². The maximum atomic E-state index is 9.85. The third-order valence-electron chi connectivity index (χ3n) is 1.96. The lowest BCUT2D eigenvalue weighted by Gasteiger charge is -1.99. The Morgan fingerprint density at radius 2 is 1.76 bits per heavy atom. The van der Waals surface area contributed by atoms with Gasteiger partial charge in [-0.2, -0.15) is 0 Å². The molecule has 5 heteroatoms. The Morgan fingerprint density at radius 3 is 2.00 bits per heavy atom. The fraction of sp³-hybridized carbons (Fsp3) is 0.333. The summed E-state index contributed by atoms with van der Waals surface area (Å²) in [4.78, 5) is 19.6. The zero-order valence-corrected chi connectivity index (χ0v) is 9.67. The maximum absolute atomic E-state index is 9.85. The number of aryl methyl sites for hydroxylation is 1. The molecule has 4 N–H and O–H groups in total. The summed E-state index contributed by atoms with van der Waals surface area (Å²) >= 11 is 0. The zero-order chi connectivity index (χ0) is 13.3. The third kappa shape index (κ3) is 7.98. The molecule has 1 rings (SSSR count). The quantitative estimate of drug-likeness (QED) is 0.731. The second-order valence-electron chi connectivity index (χ2n) is 3.38. The van der Waals surface area contributed by atoms with Crippen molar-refractivity contribution in [3.63, 3.8) is 0 Å². The van der Waals surface area contributed by atoms with Crippen molar-refractivity contribution >= 4 is 11.9 Å². The van der Waals surface area contributed by atoms with Crippen LogP contribution < -0.4 is 5.73 Å². The number of nitrogens with two attached hydrogens (primary N) is 1. The van der Waals surface area contributed by atoms with Gasteiger partial charge in [0.25, 0.3) is 0 Å². The highest BCUT2D eigenvalue weighted by Gasteiger charge is 2.14. The highest BCUT2D eigenvalue weighted by molar-refractivity contribution is 5.80. The maximum Gasteiger partial charge on any atom is 0.321 e. The monoisotopic (exact) mass is 239 g/mol. The van der Waals surface area contributed by atoms with Gasteiger partial charge in [-0.15, -0.1) is 0 Å². The van der Waals surface area contributed by atoms with Gasteiger partial charge in [0, 0.05) is 0 Å². The summed E-state index contributed by atoms with van der Waals surface area (Å²) in [7, 11) is 0. The lowest BCUT2D eigenvalue weighted by Crippen LogP contribution is -2.32. The predicted octanol–water partition coefficient (Wildman–Crippen LogP) is 1.12. The van der Waals surface area contributed by atoms with Crippen molar-refractivity contribution in [2.45, 2.75) is 25.8 Å². The van der Waals surface area contributed by atoms with E-state index in [-0.39, 0.29) is 0 Å². The normalized spacial score (nSPS) is 10.9. The molecule has 0 aromatic heterocycles. The first-order valence-electron chi connectivity index (χ1n) is 5.21. The highest BCUT2D eigenvalue weighted by atomic mass is 16.4. The summed E-state index contributed by atoms with van der Waals surface area (Å²) in [6.07, 6.45) is 0.607. The molecule has 5 nitrogen and oxygen atoms in total. The van der Waals surface area contributed by atoms with Gasteiger partial charge in [-0.1, -0.05) is 37.3 Å². The van der Waals surface area contributed by atoms with Gasteiger partial charge in [0.15, 0.2) is 0 Å². The summed E-state index contributed by atoms with van der Waals surface area (Å²) in [6.45, 7) is 2.16. The smallest absolute Gasteiger partial charge is 0.321 e. The van der Waals surface area contributed by atoms with Crippen molar-refractivity contribution in [1.29, 1.82) is 0 Å². The molecule has 0 saturated carbocycles. The van der Waals surface area contributed by atoms with E-state index in [1.807, 2.05) is 6.07 Å². The molecule has 1 atom stereocenters. The van der Waals surface area contributed by atoms with Gasteiger partial charge < -0.3 is 15.9 Å². The largest absolute Gasteiger partial charge is 0.481 e. The summed E-state index contributed by atoms with van der Waals surface area (Å²) in [5.41, 5.74) is 6.25. The van der Waals surface area contributed by atoms with Crippen molar-refractivity contribution in [3.05, 3.63) is 35.9 Å². The molecular weight excluding hydrogens is 222 g/mol. The van der Waals surface area contributed by atoms with E-state index >= 15 is 0 Å². The number of carboxylic acids is 2. The second kappa shape index (κ2) is 8.29. The molecule has 1 aromatic carbocycles. The lowest BCUT2D eigenvalue weighted by atomic mass is 10.2. The molecule has 0 aliphatic heterocycles. The first kappa shape index (κ1) is 15.1. The average molecular weight is 239 g/mol. The average Bonchev–Trinajstić information content (AvgIpc) is 2.30. The van der Waals surface area contributed by atoms with Crippen LogP contribution in [0.4, 0.5) is 0 Å². The molecule has 17 heavy (non-hydrogen) atoms. The van der Waals surface area contributed by atoms with E-state index in [0.29, 0.717) is 0 Å². The summed E-state index contributed by atoms with van der Waals surface area (Å²) < 4.78 is 0. The van der Waals surface area contributed by atoms with Crippen molar-refractivity contribution in [1.82, 2.24) is 0 Å². The highest BCUT2D eigenvalue weighted by Crippen LogP contribution is 1.96. The lowest BCUT2D eigenvalue weighted by molar-refractivity contribution is -0.144. The molecule has 0 heterocycles. The minimum Gasteiger partial charge on any atom is -0.481 e. The number of hydrogen-bond donors (Lipinski definition) is 3. The number of aliphatic carboxylic acids is 2. The SMILES string of the molecule is CCc1ccccc1.N[C@@H](CC(=O)O)C(=O)O. The standard InChI is InChI=1S/C8H10.C4H7NO4/c1-2-8-6-4-3-5-7-8;5-2(4(8)9)1-3(6)7/h3-7H,2H2,1H3;2H,1,5H2,(H,6,7)(H,8,9)/t;2-/m.0/s1. The Bertz CT molecular complexity index is 351. The molecule has 0 aliphatic carbocycles.